The summed E-state index contributed by atoms with van der Waals surface area (Å²) in [6.45, 7) is 0.629. The molecular weight excluding hydrogens is 340 g/mol. The molecule has 4 rings (SSSR count). The van der Waals surface area contributed by atoms with Gasteiger partial charge < -0.3 is 15.0 Å². The first-order chi connectivity index (χ1) is 13.1. The van der Waals surface area contributed by atoms with Crippen molar-refractivity contribution in [2.24, 2.45) is 0 Å². The summed E-state index contributed by atoms with van der Waals surface area (Å²) in [5.74, 6) is -0.180. The Hall–Kier alpha value is -2.66. The number of carbonyl (C=O) groups excluding carboxylic acids is 2. The van der Waals surface area contributed by atoms with E-state index in [1.807, 2.05) is 24.1 Å². The minimum absolute atomic E-state index is 0.0371. The highest BCUT2D eigenvalue weighted by atomic mass is 16.5. The van der Waals surface area contributed by atoms with E-state index in [0.717, 1.165) is 25.7 Å². The van der Waals surface area contributed by atoms with Crippen LogP contribution in [0.2, 0.25) is 0 Å². The SMILES string of the molecule is CN(C(=O)c1cccc(NC(=O)C2CCCO2)c1)C1CCc2ccccc21. The zero-order valence-electron chi connectivity index (χ0n) is 15.5. The lowest BCUT2D eigenvalue weighted by Crippen LogP contribution is -2.30. The van der Waals surface area contributed by atoms with Crippen molar-refractivity contribution in [3.63, 3.8) is 0 Å². The normalized spacial score (nSPS) is 20.9. The molecular formula is C22H24N2O3. The van der Waals surface area contributed by atoms with E-state index in [4.69, 9.17) is 4.74 Å². The lowest BCUT2D eigenvalue weighted by atomic mass is 10.1. The van der Waals surface area contributed by atoms with Crippen molar-refractivity contribution in [1.29, 1.82) is 0 Å². The Balaban J connectivity index is 1.48. The number of nitrogens with zero attached hydrogens (tertiary/aromatic N) is 1. The molecule has 1 saturated heterocycles. The largest absolute Gasteiger partial charge is 0.368 e. The fourth-order valence-electron chi connectivity index (χ4n) is 4.02. The molecule has 5 nitrogen and oxygen atoms in total. The van der Waals surface area contributed by atoms with Crippen LogP contribution in [0.1, 0.15) is 46.8 Å². The molecule has 2 unspecified atom stereocenters. The topological polar surface area (TPSA) is 58.6 Å². The lowest BCUT2D eigenvalue weighted by Gasteiger charge is -2.26. The Bertz CT molecular complexity index is 858. The molecule has 0 bridgehead atoms. The number of hydrogen-bond acceptors (Lipinski definition) is 3. The lowest BCUT2D eigenvalue weighted by molar-refractivity contribution is -0.124. The number of anilines is 1. The van der Waals surface area contributed by atoms with Crippen molar-refractivity contribution in [3.05, 3.63) is 65.2 Å². The van der Waals surface area contributed by atoms with E-state index < -0.39 is 0 Å². The van der Waals surface area contributed by atoms with Gasteiger partial charge in [0.1, 0.15) is 6.10 Å². The zero-order valence-corrected chi connectivity index (χ0v) is 15.5. The van der Waals surface area contributed by atoms with Gasteiger partial charge in [0.15, 0.2) is 0 Å². The smallest absolute Gasteiger partial charge is 0.254 e. The van der Waals surface area contributed by atoms with Crippen LogP contribution in [-0.4, -0.2) is 36.5 Å². The van der Waals surface area contributed by atoms with Gasteiger partial charge in [-0.2, -0.15) is 0 Å². The quantitative estimate of drug-likeness (QED) is 0.902. The third kappa shape index (κ3) is 3.60. The summed E-state index contributed by atoms with van der Waals surface area (Å²) >= 11 is 0. The summed E-state index contributed by atoms with van der Waals surface area (Å²) in [5.41, 5.74) is 3.75. The number of ether oxygens (including phenoxy) is 1. The molecule has 1 fully saturated rings. The second kappa shape index (κ2) is 7.53. The van der Waals surface area contributed by atoms with E-state index in [1.165, 1.54) is 11.1 Å². The van der Waals surface area contributed by atoms with Crippen molar-refractivity contribution < 1.29 is 14.3 Å². The predicted octanol–water partition coefficient (Wildman–Crippen LogP) is 3.56. The molecule has 5 heteroatoms. The summed E-state index contributed by atoms with van der Waals surface area (Å²) in [6.07, 6.45) is 3.20. The standard InChI is InChI=1S/C22H24N2O3/c1-24(19-12-11-15-6-2-3-9-18(15)19)22(26)16-7-4-8-17(14-16)23-21(25)20-10-5-13-27-20/h2-4,6-9,14,19-20H,5,10-13H2,1H3,(H,23,25). The second-order valence-corrected chi connectivity index (χ2v) is 7.24. The van der Waals surface area contributed by atoms with Crippen LogP contribution in [0.3, 0.4) is 0 Å². The van der Waals surface area contributed by atoms with E-state index >= 15 is 0 Å². The number of aryl methyl sites for hydroxylation is 1. The molecule has 0 spiro atoms. The van der Waals surface area contributed by atoms with Gasteiger partial charge in [0.2, 0.25) is 0 Å². The zero-order chi connectivity index (χ0) is 18.8. The first-order valence-corrected chi connectivity index (χ1v) is 9.51. The first kappa shape index (κ1) is 17.7. The van der Waals surface area contributed by atoms with Crippen LogP contribution in [0.15, 0.2) is 48.5 Å². The van der Waals surface area contributed by atoms with Gasteiger partial charge in [-0.05, 0) is 55.0 Å². The highest BCUT2D eigenvalue weighted by Gasteiger charge is 2.29. The molecule has 1 aliphatic heterocycles. The number of rotatable bonds is 4. The highest BCUT2D eigenvalue weighted by Crippen LogP contribution is 2.35. The van der Waals surface area contributed by atoms with Crippen molar-refractivity contribution in [3.8, 4) is 0 Å². The maximum absolute atomic E-state index is 13.0. The average molecular weight is 364 g/mol. The highest BCUT2D eigenvalue weighted by molar-refractivity contribution is 5.98. The Morgan fingerprint density at radius 1 is 1.11 bits per heavy atom. The van der Waals surface area contributed by atoms with E-state index in [0.29, 0.717) is 17.9 Å². The van der Waals surface area contributed by atoms with Gasteiger partial charge in [0, 0.05) is 24.9 Å². The average Bonchev–Trinajstić information content (AvgIpc) is 3.37. The molecule has 1 N–H and O–H groups in total. The number of benzene rings is 2. The fourth-order valence-corrected chi connectivity index (χ4v) is 4.02. The van der Waals surface area contributed by atoms with Gasteiger partial charge >= 0.3 is 0 Å². The van der Waals surface area contributed by atoms with Crippen molar-refractivity contribution in [2.75, 3.05) is 19.0 Å². The van der Waals surface area contributed by atoms with E-state index in [1.54, 1.807) is 24.3 Å². The first-order valence-electron chi connectivity index (χ1n) is 9.51. The maximum atomic E-state index is 13.0. The van der Waals surface area contributed by atoms with Crippen LogP contribution in [0.5, 0.6) is 0 Å². The number of fused-ring (bicyclic) bond motifs is 1. The Labute approximate surface area is 159 Å². The van der Waals surface area contributed by atoms with Crippen LogP contribution in [0.25, 0.3) is 0 Å². The summed E-state index contributed by atoms with van der Waals surface area (Å²) in [4.78, 5) is 27.1. The van der Waals surface area contributed by atoms with Gasteiger partial charge in [-0.15, -0.1) is 0 Å². The molecule has 27 heavy (non-hydrogen) atoms. The number of amides is 2. The monoisotopic (exact) mass is 364 g/mol. The molecule has 0 aromatic heterocycles. The Kier molecular flexibility index (Phi) is 4.94. The van der Waals surface area contributed by atoms with E-state index in [2.05, 4.69) is 17.4 Å². The molecule has 1 heterocycles. The molecule has 140 valence electrons. The van der Waals surface area contributed by atoms with Gasteiger partial charge in [-0.1, -0.05) is 30.3 Å². The van der Waals surface area contributed by atoms with Crippen LogP contribution >= 0.6 is 0 Å². The summed E-state index contributed by atoms with van der Waals surface area (Å²) < 4.78 is 5.42. The summed E-state index contributed by atoms with van der Waals surface area (Å²) in [5, 5.41) is 2.87. The van der Waals surface area contributed by atoms with Gasteiger partial charge in [0.05, 0.1) is 6.04 Å². The third-order valence-electron chi connectivity index (χ3n) is 5.49. The predicted molar refractivity (Wildman–Crippen MR) is 104 cm³/mol. The van der Waals surface area contributed by atoms with Crippen LogP contribution in [0, 0.1) is 0 Å². The molecule has 1 aliphatic carbocycles. The van der Waals surface area contributed by atoms with Gasteiger partial charge in [-0.25, -0.2) is 0 Å². The van der Waals surface area contributed by atoms with Crippen molar-refractivity contribution in [2.45, 2.75) is 37.8 Å². The molecule has 2 atom stereocenters. The Morgan fingerprint density at radius 3 is 2.78 bits per heavy atom. The van der Waals surface area contributed by atoms with Gasteiger partial charge in [-0.3, -0.25) is 9.59 Å². The second-order valence-electron chi connectivity index (χ2n) is 7.24. The third-order valence-corrected chi connectivity index (χ3v) is 5.49. The molecule has 2 aromatic carbocycles. The number of hydrogen-bond donors (Lipinski definition) is 1. The van der Waals surface area contributed by atoms with Crippen LogP contribution < -0.4 is 5.32 Å². The minimum atomic E-state index is -0.387. The molecule has 2 aromatic rings. The van der Waals surface area contributed by atoms with Crippen molar-refractivity contribution in [1.82, 2.24) is 4.90 Å². The van der Waals surface area contributed by atoms with Crippen LogP contribution in [-0.2, 0) is 16.0 Å². The summed E-state index contributed by atoms with van der Waals surface area (Å²) in [6, 6.07) is 15.5. The van der Waals surface area contributed by atoms with Gasteiger partial charge in [0.25, 0.3) is 11.8 Å². The molecule has 0 radical (unpaired) electrons. The molecule has 0 saturated carbocycles. The summed E-state index contributed by atoms with van der Waals surface area (Å²) in [7, 11) is 1.85. The van der Waals surface area contributed by atoms with Crippen LogP contribution in [0.4, 0.5) is 5.69 Å². The van der Waals surface area contributed by atoms with E-state index in [9.17, 15) is 9.59 Å². The van der Waals surface area contributed by atoms with E-state index in [-0.39, 0.29) is 24.0 Å². The number of carbonyl (C=O) groups is 2. The van der Waals surface area contributed by atoms with Crippen molar-refractivity contribution >= 4 is 17.5 Å². The molecule has 2 amide bonds. The molecule has 2 aliphatic rings. The fraction of sp³-hybridized carbons (Fsp3) is 0.364. The number of nitrogens with one attached hydrogen (secondary N) is 1. The Morgan fingerprint density at radius 2 is 1.96 bits per heavy atom. The maximum Gasteiger partial charge on any atom is 0.254 e. The minimum Gasteiger partial charge on any atom is -0.368 e.